The van der Waals surface area contributed by atoms with E-state index in [2.05, 4.69) is 0 Å². The molecule has 3 amide bonds. The summed E-state index contributed by atoms with van der Waals surface area (Å²) in [5, 5.41) is 9.57. The van der Waals surface area contributed by atoms with E-state index in [4.69, 9.17) is 0 Å². The highest BCUT2D eigenvalue weighted by molar-refractivity contribution is 5.76. The number of aryl methyl sites for hydroxylation is 1. The number of piperazine rings is 1. The van der Waals surface area contributed by atoms with Crippen molar-refractivity contribution in [1.29, 1.82) is 0 Å². The maximum absolute atomic E-state index is 13.7. The first-order chi connectivity index (χ1) is 17.0. The quantitative estimate of drug-likeness (QED) is 0.480. The Hall–Kier alpha value is -3.51. The molecule has 1 N–H and O–H groups in total. The number of alkyl halides is 6. The van der Waals surface area contributed by atoms with Crippen LogP contribution in [0.25, 0.3) is 0 Å². The third kappa shape index (κ3) is 6.08. The molecule has 1 heterocycles. The van der Waals surface area contributed by atoms with Crippen LogP contribution in [0.15, 0.2) is 36.4 Å². The number of hydrogen-bond acceptors (Lipinski definition) is 2. The van der Waals surface area contributed by atoms with Crippen LogP contribution in [0.2, 0.25) is 0 Å². The topological polar surface area (TPSA) is 64.1 Å². The lowest BCUT2D eigenvalue weighted by atomic mass is 9.92. The van der Waals surface area contributed by atoms with Gasteiger partial charge in [0.25, 0.3) is 0 Å². The minimum Gasteiger partial charge on any atom is -0.465 e. The van der Waals surface area contributed by atoms with Crippen LogP contribution in [-0.4, -0.2) is 58.1 Å². The lowest BCUT2D eigenvalue weighted by Crippen LogP contribution is -2.58. The van der Waals surface area contributed by atoms with E-state index < -0.39 is 60.0 Å². The molecule has 1 aliphatic heterocycles. The fourth-order valence-corrected chi connectivity index (χ4v) is 4.54. The normalized spacial score (nSPS) is 18.6. The molecule has 2 atom stereocenters. The van der Waals surface area contributed by atoms with Crippen LogP contribution >= 0.6 is 0 Å². The van der Waals surface area contributed by atoms with Gasteiger partial charge in [0.2, 0.25) is 0 Å². The number of carbonyl (C=O) groups is 2. The van der Waals surface area contributed by atoms with Crippen LogP contribution in [0.3, 0.4) is 0 Å². The van der Waals surface area contributed by atoms with Crippen LogP contribution in [0, 0.1) is 12.7 Å². The van der Waals surface area contributed by atoms with Crippen molar-refractivity contribution >= 4 is 12.1 Å². The van der Waals surface area contributed by atoms with Gasteiger partial charge in [-0.15, -0.1) is 0 Å². The molecule has 0 saturated carbocycles. The van der Waals surface area contributed by atoms with E-state index in [-0.39, 0.29) is 24.7 Å². The number of benzene rings is 2. The van der Waals surface area contributed by atoms with E-state index in [1.165, 1.54) is 24.1 Å². The number of amides is 3. The molecule has 2 unspecified atom stereocenters. The highest BCUT2D eigenvalue weighted by atomic mass is 19.4. The van der Waals surface area contributed by atoms with Crippen molar-refractivity contribution in [3.8, 4) is 0 Å². The van der Waals surface area contributed by atoms with Crippen molar-refractivity contribution in [2.45, 2.75) is 44.8 Å². The van der Waals surface area contributed by atoms with Gasteiger partial charge in [-0.3, -0.25) is 0 Å². The largest absolute Gasteiger partial charge is 0.465 e. The molecule has 1 saturated heterocycles. The number of carbonyl (C=O) groups excluding carboxylic acids is 1. The van der Waals surface area contributed by atoms with Gasteiger partial charge in [-0.05, 0) is 60.9 Å². The zero-order valence-corrected chi connectivity index (χ0v) is 20.0. The molecule has 202 valence electrons. The number of nitrogens with zero attached hydrogens (tertiary/aromatic N) is 3. The van der Waals surface area contributed by atoms with E-state index in [9.17, 15) is 45.4 Å². The highest BCUT2D eigenvalue weighted by Crippen LogP contribution is 2.37. The third-order valence-corrected chi connectivity index (χ3v) is 6.30. The summed E-state index contributed by atoms with van der Waals surface area (Å²) in [6.07, 6.45) is -11.3. The molecule has 0 radical (unpaired) electrons. The predicted molar refractivity (Wildman–Crippen MR) is 118 cm³/mol. The molecule has 0 spiro atoms. The van der Waals surface area contributed by atoms with E-state index in [1.54, 1.807) is 13.8 Å². The Bertz CT molecular complexity index is 1150. The molecule has 0 bridgehead atoms. The first-order valence-corrected chi connectivity index (χ1v) is 11.1. The Morgan fingerprint density at radius 2 is 1.51 bits per heavy atom. The molecule has 6 nitrogen and oxygen atoms in total. The lowest BCUT2D eigenvalue weighted by Gasteiger charge is -2.46. The minimum atomic E-state index is -5.04. The van der Waals surface area contributed by atoms with Gasteiger partial charge in [0.1, 0.15) is 5.82 Å². The van der Waals surface area contributed by atoms with Crippen LogP contribution in [0.5, 0.6) is 0 Å². The average molecular weight is 535 g/mol. The second-order valence-corrected chi connectivity index (χ2v) is 8.91. The number of hydrogen-bond donors (Lipinski definition) is 1. The Balaban J connectivity index is 1.96. The van der Waals surface area contributed by atoms with Crippen molar-refractivity contribution < 1.29 is 45.4 Å². The van der Waals surface area contributed by atoms with Gasteiger partial charge in [0.15, 0.2) is 0 Å². The Labute approximate surface area is 207 Å². The fraction of sp³-hybridized carbons (Fsp3) is 0.417. The van der Waals surface area contributed by atoms with E-state index in [0.29, 0.717) is 23.3 Å². The molecular formula is C24H24F7N3O3. The van der Waals surface area contributed by atoms with Crippen molar-refractivity contribution in [1.82, 2.24) is 14.7 Å². The minimum absolute atomic E-state index is 0.00542. The van der Waals surface area contributed by atoms with Crippen LogP contribution in [-0.2, 0) is 18.9 Å². The highest BCUT2D eigenvalue weighted by Gasteiger charge is 2.41. The molecule has 1 aliphatic rings. The molecule has 2 aromatic rings. The summed E-state index contributed by atoms with van der Waals surface area (Å²) in [7, 11) is 1.22. The summed E-state index contributed by atoms with van der Waals surface area (Å²) in [6, 6.07) is 2.49. The maximum Gasteiger partial charge on any atom is 0.416 e. The summed E-state index contributed by atoms with van der Waals surface area (Å²) in [4.78, 5) is 28.5. The zero-order chi connectivity index (χ0) is 27.9. The van der Waals surface area contributed by atoms with Gasteiger partial charge >= 0.3 is 24.5 Å². The van der Waals surface area contributed by atoms with Gasteiger partial charge in [-0.1, -0.05) is 6.07 Å². The molecule has 2 aromatic carbocycles. The molecule has 0 aromatic heterocycles. The smallest absolute Gasteiger partial charge is 0.416 e. The second kappa shape index (κ2) is 10.1. The molecular weight excluding hydrogens is 511 g/mol. The monoisotopic (exact) mass is 535 g/mol. The SMILES string of the molecule is Cc1cc(F)ccc1C1C(C)N(C(=O)O)CCN1C(=O)N(C)Cc1cc(C(F)(F)F)cc(C(F)(F)F)c1. The summed E-state index contributed by atoms with van der Waals surface area (Å²) in [6.45, 7) is 2.39. The van der Waals surface area contributed by atoms with Gasteiger partial charge in [0.05, 0.1) is 23.2 Å². The second-order valence-electron chi connectivity index (χ2n) is 8.91. The van der Waals surface area contributed by atoms with Crippen molar-refractivity contribution in [2.24, 2.45) is 0 Å². The fourth-order valence-electron chi connectivity index (χ4n) is 4.54. The summed E-state index contributed by atoms with van der Waals surface area (Å²) in [5.41, 5.74) is -2.48. The predicted octanol–water partition coefficient (Wildman–Crippen LogP) is 6.15. The van der Waals surface area contributed by atoms with Gasteiger partial charge in [-0.25, -0.2) is 14.0 Å². The summed E-state index contributed by atoms with van der Waals surface area (Å²) in [5.74, 6) is -0.542. The standard InChI is InChI=1S/C24H24F7N3O3/c1-13-8-18(25)4-5-19(13)20-14(2)33(22(36)37)6-7-34(20)21(35)32(3)12-15-9-16(23(26,27)28)11-17(10-15)24(29,30)31/h4-5,8-11,14,20H,6-7,12H2,1-3H3,(H,36,37). The molecule has 13 heteroatoms. The Kier molecular flexibility index (Phi) is 7.66. The van der Waals surface area contributed by atoms with E-state index in [1.807, 2.05) is 0 Å². The number of rotatable bonds is 3. The van der Waals surface area contributed by atoms with Crippen LogP contribution < -0.4 is 0 Å². The van der Waals surface area contributed by atoms with Crippen LogP contribution in [0.4, 0.5) is 40.3 Å². The summed E-state index contributed by atoms with van der Waals surface area (Å²) >= 11 is 0. The maximum atomic E-state index is 13.7. The third-order valence-electron chi connectivity index (χ3n) is 6.30. The van der Waals surface area contributed by atoms with Gasteiger partial charge in [-0.2, -0.15) is 26.3 Å². The lowest BCUT2D eigenvalue weighted by molar-refractivity contribution is -0.143. The van der Waals surface area contributed by atoms with Crippen molar-refractivity contribution in [3.63, 3.8) is 0 Å². The summed E-state index contributed by atoms with van der Waals surface area (Å²) < 4.78 is 93.1. The Morgan fingerprint density at radius 1 is 0.973 bits per heavy atom. The first kappa shape index (κ1) is 28.1. The molecule has 37 heavy (non-hydrogen) atoms. The van der Waals surface area contributed by atoms with E-state index in [0.717, 1.165) is 15.9 Å². The zero-order valence-electron chi connectivity index (χ0n) is 20.0. The molecule has 3 rings (SSSR count). The molecule has 0 aliphatic carbocycles. The van der Waals surface area contributed by atoms with Gasteiger partial charge < -0.3 is 19.8 Å². The van der Waals surface area contributed by atoms with Crippen molar-refractivity contribution in [2.75, 3.05) is 20.1 Å². The van der Waals surface area contributed by atoms with E-state index >= 15 is 0 Å². The first-order valence-electron chi connectivity index (χ1n) is 11.1. The van der Waals surface area contributed by atoms with Crippen LogP contribution in [0.1, 0.15) is 40.8 Å². The number of carboxylic acid groups (broad SMARTS) is 1. The van der Waals surface area contributed by atoms with Gasteiger partial charge in [0, 0.05) is 26.7 Å². The van der Waals surface area contributed by atoms with Crippen molar-refractivity contribution in [3.05, 3.63) is 70.0 Å². The Morgan fingerprint density at radius 3 is 2.00 bits per heavy atom. The number of urea groups is 1. The number of halogens is 7. The molecule has 1 fully saturated rings. The average Bonchev–Trinajstić information content (AvgIpc) is 2.77.